The molecule has 0 aliphatic heterocycles. The Kier molecular flexibility index (Phi) is 6.42. The maximum Gasteiger partial charge on any atom is 0.154 e. The van der Waals surface area contributed by atoms with Crippen molar-refractivity contribution in [3.63, 3.8) is 0 Å². The summed E-state index contributed by atoms with van der Waals surface area (Å²) in [6, 6.07) is 0. The van der Waals surface area contributed by atoms with Crippen LogP contribution in [0.2, 0.25) is 0 Å². The van der Waals surface area contributed by atoms with Crippen LogP contribution in [0.4, 0.5) is 8.78 Å². The van der Waals surface area contributed by atoms with Gasteiger partial charge in [0.25, 0.3) is 0 Å². The molecule has 0 fully saturated rings. The first kappa shape index (κ1) is 10.8. The molecular formula is C8H16F2O. The van der Waals surface area contributed by atoms with Gasteiger partial charge >= 0.3 is 0 Å². The van der Waals surface area contributed by atoms with Crippen LogP contribution in [0, 0.1) is 0 Å². The molecule has 1 nitrogen and oxygen atoms in total. The summed E-state index contributed by atoms with van der Waals surface area (Å²) in [4.78, 5) is 0. The monoisotopic (exact) mass is 166 g/mol. The summed E-state index contributed by atoms with van der Waals surface area (Å²) < 4.78 is 24.9. The number of aliphatic hydroxyl groups excluding tert-OH is 1. The summed E-state index contributed by atoms with van der Waals surface area (Å²) >= 11 is 0. The highest BCUT2D eigenvalue weighted by Crippen LogP contribution is 2.12. The lowest BCUT2D eigenvalue weighted by molar-refractivity contribution is 0.0913. The molecule has 2 unspecified atom stereocenters. The smallest absolute Gasteiger partial charge is 0.154 e. The van der Waals surface area contributed by atoms with E-state index in [9.17, 15) is 8.78 Å². The highest BCUT2D eigenvalue weighted by atomic mass is 19.2. The van der Waals surface area contributed by atoms with Crippen LogP contribution in [0.5, 0.6) is 0 Å². The quantitative estimate of drug-likeness (QED) is 0.600. The number of unbranched alkanes of at least 4 members (excludes halogenated alkanes) is 2. The Balaban J connectivity index is 3.28. The largest absolute Gasteiger partial charge is 0.393 e. The van der Waals surface area contributed by atoms with E-state index in [-0.39, 0.29) is 6.42 Å². The number of rotatable bonds is 6. The third-order valence-electron chi connectivity index (χ3n) is 1.65. The molecule has 68 valence electrons. The molecule has 0 bridgehead atoms. The lowest BCUT2D eigenvalue weighted by Crippen LogP contribution is -2.20. The number of hydrogen-bond donors (Lipinski definition) is 1. The lowest BCUT2D eigenvalue weighted by atomic mass is 10.1. The topological polar surface area (TPSA) is 20.2 Å². The third kappa shape index (κ3) is 5.13. The zero-order chi connectivity index (χ0) is 8.69. The van der Waals surface area contributed by atoms with Gasteiger partial charge in [-0.15, -0.1) is 0 Å². The van der Waals surface area contributed by atoms with Crippen molar-refractivity contribution >= 4 is 0 Å². The maximum absolute atomic E-state index is 12.6. The predicted octanol–water partition coefficient (Wildman–Crippen LogP) is 2.24. The Morgan fingerprint density at radius 3 is 2.27 bits per heavy atom. The highest BCUT2D eigenvalue weighted by molar-refractivity contribution is 4.66. The second-order valence-electron chi connectivity index (χ2n) is 2.71. The first-order valence-electron chi connectivity index (χ1n) is 4.11. The Morgan fingerprint density at radius 1 is 1.18 bits per heavy atom. The van der Waals surface area contributed by atoms with Crippen molar-refractivity contribution < 1.29 is 13.9 Å². The van der Waals surface area contributed by atoms with Crippen LogP contribution in [0.25, 0.3) is 0 Å². The second kappa shape index (κ2) is 6.53. The van der Waals surface area contributed by atoms with Gasteiger partial charge in [0.15, 0.2) is 6.17 Å². The molecule has 0 aromatic rings. The van der Waals surface area contributed by atoms with Crippen molar-refractivity contribution in [1.82, 2.24) is 0 Å². The molecule has 3 heteroatoms. The van der Waals surface area contributed by atoms with E-state index in [0.29, 0.717) is 6.42 Å². The SMILES string of the molecule is CCCCCC(F)C(F)CO. The first-order valence-corrected chi connectivity index (χ1v) is 4.11. The van der Waals surface area contributed by atoms with Crippen LogP contribution in [-0.4, -0.2) is 24.1 Å². The maximum atomic E-state index is 12.6. The standard InChI is InChI=1S/C8H16F2O/c1-2-3-4-5-7(9)8(10)6-11/h7-8,11H,2-6H2,1H3. The molecule has 0 aromatic heterocycles. The van der Waals surface area contributed by atoms with Gasteiger partial charge < -0.3 is 5.11 Å². The number of hydrogen-bond acceptors (Lipinski definition) is 1. The van der Waals surface area contributed by atoms with Crippen molar-refractivity contribution in [3.05, 3.63) is 0 Å². The molecule has 0 spiro atoms. The van der Waals surface area contributed by atoms with Crippen LogP contribution in [0.1, 0.15) is 32.6 Å². The fraction of sp³-hybridized carbons (Fsp3) is 1.00. The van der Waals surface area contributed by atoms with E-state index in [1.165, 1.54) is 0 Å². The van der Waals surface area contributed by atoms with Crippen LogP contribution in [0.3, 0.4) is 0 Å². The normalized spacial score (nSPS) is 16.4. The van der Waals surface area contributed by atoms with Gasteiger partial charge in [0.05, 0.1) is 6.61 Å². The van der Waals surface area contributed by atoms with E-state index >= 15 is 0 Å². The Labute approximate surface area is 66.4 Å². The molecule has 11 heavy (non-hydrogen) atoms. The Hall–Kier alpha value is -0.180. The van der Waals surface area contributed by atoms with Crippen molar-refractivity contribution in [2.45, 2.75) is 45.0 Å². The average molecular weight is 166 g/mol. The van der Waals surface area contributed by atoms with Crippen molar-refractivity contribution in [2.24, 2.45) is 0 Å². The van der Waals surface area contributed by atoms with Crippen LogP contribution < -0.4 is 0 Å². The van der Waals surface area contributed by atoms with Gasteiger partial charge in [-0.05, 0) is 6.42 Å². The Morgan fingerprint density at radius 2 is 1.82 bits per heavy atom. The minimum absolute atomic E-state index is 0.232. The fourth-order valence-electron chi connectivity index (χ4n) is 0.885. The first-order chi connectivity index (χ1) is 5.22. The summed E-state index contributed by atoms with van der Waals surface area (Å²) in [7, 11) is 0. The van der Waals surface area contributed by atoms with Crippen LogP contribution in [0.15, 0.2) is 0 Å². The highest BCUT2D eigenvalue weighted by Gasteiger charge is 2.17. The van der Waals surface area contributed by atoms with Gasteiger partial charge in [-0.3, -0.25) is 0 Å². The third-order valence-corrected chi connectivity index (χ3v) is 1.65. The second-order valence-corrected chi connectivity index (χ2v) is 2.71. The molecule has 0 saturated carbocycles. The van der Waals surface area contributed by atoms with E-state index in [4.69, 9.17) is 5.11 Å². The molecule has 0 aromatic carbocycles. The molecular weight excluding hydrogens is 150 g/mol. The summed E-state index contributed by atoms with van der Waals surface area (Å²) in [5.74, 6) is 0. The molecule has 2 atom stereocenters. The van der Waals surface area contributed by atoms with Gasteiger partial charge in [-0.1, -0.05) is 26.2 Å². The minimum atomic E-state index is -1.69. The summed E-state index contributed by atoms with van der Waals surface area (Å²) in [6.07, 6.45) is -0.298. The number of alkyl halides is 2. The van der Waals surface area contributed by atoms with Crippen LogP contribution >= 0.6 is 0 Å². The van der Waals surface area contributed by atoms with Crippen molar-refractivity contribution in [2.75, 3.05) is 6.61 Å². The van der Waals surface area contributed by atoms with E-state index < -0.39 is 19.0 Å². The zero-order valence-electron chi connectivity index (χ0n) is 6.89. The van der Waals surface area contributed by atoms with Crippen molar-refractivity contribution in [3.8, 4) is 0 Å². The van der Waals surface area contributed by atoms with Gasteiger partial charge in [-0.2, -0.15) is 0 Å². The molecule has 0 radical (unpaired) electrons. The zero-order valence-corrected chi connectivity index (χ0v) is 6.89. The molecule has 0 aliphatic rings. The van der Waals surface area contributed by atoms with Crippen LogP contribution in [-0.2, 0) is 0 Å². The molecule has 0 amide bonds. The average Bonchev–Trinajstić information content (AvgIpc) is 2.03. The fourth-order valence-corrected chi connectivity index (χ4v) is 0.885. The predicted molar refractivity (Wildman–Crippen MR) is 41.0 cm³/mol. The van der Waals surface area contributed by atoms with Gasteiger partial charge in [0.2, 0.25) is 0 Å². The van der Waals surface area contributed by atoms with E-state index in [2.05, 4.69) is 0 Å². The minimum Gasteiger partial charge on any atom is -0.393 e. The van der Waals surface area contributed by atoms with Gasteiger partial charge in [-0.25, -0.2) is 8.78 Å². The van der Waals surface area contributed by atoms with E-state index in [1.54, 1.807) is 0 Å². The number of aliphatic hydroxyl groups is 1. The van der Waals surface area contributed by atoms with Crippen molar-refractivity contribution in [1.29, 1.82) is 0 Å². The summed E-state index contributed by atoms with van der Waals surface area (Å²) in [5, 5.41) is 8.25. The molecule has 1 N–H and O–H groups in total. The molecule has 0 heterocycles. The van der Waals surface area contributed by atoms with E-state index in [1.807, 2.05) is 6.92 Å². The lowest BCUT2D eigenvalue weighted by Gasteiger charge is -2.09. The molecule has 0 saturated heterocycles. The van der Waals surface area contributed by atoms with E-state index in [0.717, 1.165) is 12.8 Å². The Bertz CT molecular complexity index is 88.2. The molecule has 0 rings (SSSR count). The van der Waals surface area contributed by atoms with Gasteiger partial charge in [0, 0.05) is 0 Å². The number of halogens is 2. The molecule has 0 aliphatic carbocycles. The van der Waals surface area contributed by atoms with Gasteiger partial charge in [0.1, 0.15) is 6.17 Å². The summed E-state index contributed by atoms with van der Waals surface area (Å²) in [5.41, 5.74) is 0. The summed E-state index contributed by atoms with van der Waals surface area (Å²) in [6.45, 7) is 1.31.